The van der Waals surface area contributed by atoms with E-state index in [1.165, 1.54) is 6.21 Å². The molecule has 2 N–H and O–H groups in total. The van der Waals surface area contributed by atoms with E-state index in [1.54, 1.807) is 45.6 Å². The Hall–Kier alpha value is -3.81. The third-order valence-corrected chi connectivity index (χ3v) is 4.01. The number of nitrogens with zero attached hydrogens (tertiary/aromatic N) is 2. The van der Waals surface area contributed by atoms with E-state index < -0.39 is 5.91 Å². The molecule has 1 heterocycles. The minimum Gasteiger partial charge on any atom is -0.497 e. The SMILES string of the molecule is COc1ccc(-c2cc(C(=O)NN=Cc3cc(OC)ccc3OC)[nH]n2)cc1. The molecule has 8 nitrogen and oxygen atoms in total. The number of carbonyl (C=O) groups is 1. The zero-order valence-electron chi connectivity index (χ0n) is 15.7. The molecule has 0 radical (unpaired) electrons. The second-order valence-corrected chi connectivity index (χ2v) is 5.70. The minimum absolute atomic E-state index is 0.292. The molecule has 0 bridgehead atoms. The molecule has 144 valence electrons. The summed E-state index contributed by atoms with van der Waals surface area (Å²) < 4.78 is 15.6. The Kier molecular flexibility index (Phi) is 5.91. The van der Waals surface area contributed by atoms with Crippen molar-refractivity contribution in [3.63, 3.8) is 0 Å². The third kappa shape index (κ3) is 4.29. The maximum Gasteiger partial charge on any atom is 0.289 e. The van der Waals surface area contributed by atoms with E-state index in [-0.39, 0.29) is 0 Å². The average molecular weight is 380 g/mol. The highest BCUT2D eigenvalue weighted by Gasteiger charge is 2.11. The smallest absolute Gasteiger partial charge is 0.289 e. The van der Waals surface area contributed by atoms with Crippen molar-refractivity contribution in [3.05, 3.63) is 59.8 Å². The lowest BCUT2D eigenvalue weighted by Gasteiger charge is -2.06. The van der Waals surface area contributed by atoms with Crippen LogP contribution in [0.1, 0.15) is 16.1 Å². The number of ether oxygens (including phenoxy) is 3. The van der Waals surface area contributed by atoms with Gasteiger partial charge in [0.15, 0.2) is 0 Å². The van der Waals surface area contributed by atoms with E-state index in [4.69, 9.17) is 14.2 Å². The molecule has 0 atom stereocenters. The van der Waals surface area contributed by atoms with Gasteiger partial charge in [0.2, 0.25) is 0 Å². The van der Waals surface area contributed by atoms with Gasteiger partial charge in [0.05, 0.1) is 33.2 Å². The fourth-order valence-corrected chi connectivity index (χ4v) is 2.51. The van der Waals surface area contributed by atoms with E-state index in [0.717, 1.165) is 11.3 Å². The van der Waals surface area contributed by atoms with E-state index in [9.17, 15) is 4.79 Å². The summed E-state index contributed by atoms with van der Waals surface area (Å²) in [5.74, 6) is 1.61. The number of methoxy groups -OCH3 is 3. The van der Waals surface area contributed by atoms with Crippen LogP contribution in [0.5, 0.6) is 17.2 Å². The molecular formula is C20H20N4O4. The van der Waals surface area contributed by atoms with Gasteiger partial charge >= 0.3 is 0 Å². The van der Waals surface area contributed by atoms with Crippen molar-refractivity contribution in [2.24, 2.45) is 5.10 Å². The molecule has 0 aliphatic rings. The summed E-state index contributed by atoms with van der Waals surface area (Å²) >= 11 is 0. The van der Waals surface area contributed by atoms with E-state index >= 15 is 0 Å². The van der Waals surface area contributed by atoms with Gasteiger partial charge in [0.25, 0.3) is 5.91 Å². The van der Waals surface area contributed by atoms with Crippen LogP contribution in [0, 0.1) is 0 Å². The first-order valence-electron chi connectivity index (χ1n) is 8.40. The molecule has 3 rings (SSSR count). The Morgan fingerprint density at radius 2 is 1.71 bits per heavy atom. The van der Waals surface area contributed by atoms with Crippen molar-refractivity contribution in [2.45, 2.75) is 0 Å². The number of hydrogen-bond acceptors (Lipinski definition) is 6. The summed E-state index contributed by atoms with van der Waals surface area (Å²) in [5, 5.41) is 10.9. The van der Waals surface area contributed by atoms with Crippen LogP contribution in [0.4, 0.5) is 0 Å². The number of aromatic nitrogens is 2. The van der Waals surface area contributed by atoms with Crippen LogP contribution in [-0.2, 0) is 0 Å². The molecule has 0 aliphatic heterocycles. The molecule has 0 fully saturated rings. The summed E-state index contributed by atoms with van der Waals surface area (Å²) in [7, 11) is 4.74. The van der Waals surface area contributed by atoms with Gasteiger partial charge in [-0.2, -0.15) is 10.2 Å². The monoisotopic (exact) mass is 380 g/mol. The zero-order chi connectivity index (χ0) is 19.9. The van der Waals surface area contributed by atoms with Crippen LogP contribution in [0.25, 0.3) is 11.3 Å². The number of carbonyl (C=O) groups excluding carboxylic acids is 1. The Morgan fingerprint density at radius 3 is 2.39 bits per heavy atom. The highest BCUT2D eigenvalue weighted by atomic mass is 16.5. The lowest BCUT2D eigenvalue weighted by molar-refractivity contribution is 0.0950. The molecule has 0 saturated carbocycles. The first-order chi connectivity index (χ1) is 13.6. The molecule has 0 unspecified atom stereocenters. The summed E-state index contributed by atoms with van der Waals surface area (Å²) in [6, 6.07) is 14.3. The minimum atomic E-state index is -0.412. The standard InChI is InChI=1S/C20H20N4O4/c1-26-15-6-4-13(5-7-15)17-11-18(23-22-17)20(25)24-21-12-14-10-16(27-2)8-9-19(14)28-3/h4-12H,1-3H3,(H,22,23)(H,24,25). The number of H-pyrrole nitrogens is 1. The van der Waals surface area contributed by atoms with Crippen LogP contribution in [0.3, 0.4) is 0 Å². The van der Waals surface area contributed by atoms with E-state index in [0.29, 0.717) is 28.5 Å². The lowest BCUT2D eigenvalue weighted by atomic mass is 10.1. The van der Waals surface area contributed by atoms with Crippen molar-refractivity contribution in [2.75, 3.05) is 21.3 Å². The number of hydrazone groups is 1. The topological polar surface area (TPSA) is 97.8 Å². The van der Waals surface area contributed by atoms with Gasteiger partial charge in [0.1, 0.15) is 22.9 Å². The molecule has 2 aromatic carbocycles. The quantitative estimate of drug-likeness (QED) is 0.485. The molecular weight excluding hydrogens is 360 g/mol. The molecule has 0 spiro atoms. The number of aromatic amines is 1. The fourth-order valence-electron chi connectivity index (χ4n) is 2.51. The number of hydrogen-bond donors (Lipinski definition) is 2. The largest absolute Gasteiger partial charge is 0.497 e. The number of amides is 1. The highest BCUT2D eigenvalue weighted by Crippen LogP contribution is 2.22. The third-order valence-electron chi connectivity index (χ3n) is 4.01. The van der Waals surface area contributed by atoms with Crippen molar-refractivity contribution in [1.82, 2.24) is 15.6 Å². The highest BCUT2D eigenvalue weighted by molar-refractivity contribution is 5.94. The molecule has 1 amide bonds. The van der Waals surface area contributed by atoms with Gasteiger partial charge in [0, 0.05) is 11.1 Å². The summed E-state index contributed by atoms with van der Waals surface area (Å²) in [5.41, 5.74) is 4.93. The summed E-state index contributed by atoms with van der Waals surface area (Å²) in [4.78, 5) is 12.3. The maximum absolute atomic E-state index is 12.3. The fraction of sp³-hybridized carbons (Fsp3) is 0.150. The molecule has 0 saturated heterocycles. The number of benzene rings is 2. The Balaban J connectivity index is 1.68. The molecule has 0 aliphatic carbocycles. The number of nitrogens with one attached hydrogen (secondary N) is 2. The molecule has 8 heteroatoms. The predicted molar refractivity (Wildman–Crippen MR) is 105 cm³/mol. The van der Waals surface area contributed by atoms with Crippen molar-refractivity contribution in [1.29, 1.82) is 0 Å². The second-order valence-electron chi connectivity index (χ2n) is 5.70. The lowest BCUT2D eigenvalue weighted by Crippen LogP contribution is -2.18. The Labute approximate surface area is 162 Å². The van der Waals surface area contributed by atoms with Crippen LogP contribution in [0.2, 0.25) is 0 Å². The molecule has 1 aromatic heterocycles. The zero-order valence-corrected chi connectivity index (χ0v) is 15.7. The Bertz CT molecular complexity index is 980. The summed E-state index contributed by atoms with van der Waals surface area (Å²) in [6.07, 6.45) is 1.49. The van der Waals surface area contributed by atoms with E-state index in [1.807, 2.05) is 24.3 Å². The van der Waals surface area contributed by atoms with Crippen molar-refractivity contribution >= 4 is 12.1 Å². The maximum atomic E-state index is 12.3. The van der Waals surface area contributed by atoms with E-state index in [2.05, 4.69) is 20.7 Å². The van der Waals surface area contributed by atoms with Gasteiger partial charge < -0.3 is 14.2 Å². The van der Waals surface area contributed by atoms with Gasteiger partial charge in [-0.3, -0.25) is 9.89 Å². The second kappa shape index (κ2) is 8.72. The average Bonchev–Trinajstić information content (AvgIpc) is 3.24. The van der Waals surface area contributed by atoms with Gasteiger partial charge in [-0.05, 0) is 48.5 Å². The van der Waals surface area contributed by atoms with Crippen LogP contribution in [0.15, 0.2) is 53.6 Å². The first-order valence-corrected chi connectivity index (χ1v) is 8.40. The van der Waals surface area contributed by atoms with Gasteiger partial charge in [-0.1, -0.05) is 0 Å². The number of rotatable bonds is 7. The first kappa shape index (κ1) is 19.0. The van der Waals surface area contributed by atoms with Crippen molar-refractivity contribution < 1.29 is 19.0 Å². The van der Waals surface area contributed by atoms with Crippen molar-refractivity contribution in [3.8, 4) is 28.5 Å². The predicted octanol–water partition coefficient (Wildman–Crippen LogP) is 2.87. The molecule has 3 aromatic rings. The van der Waals surface area contributed by atoms with Crippen LogP contribution < -0.4 is 19.6 Å². The Morgan fingerprint density at radius 1 is 1.00 bits per heavy atom. The van der Waals surface area contributed by atoms with Gasteiger partial charge in [-0.15, -0.1) is 0 Å². The van der Waals surface area contributed by atoms with Crippen LogP contribution >= 0.6 is 0 Å². The normalized spacial score (nSPS) is 10.7. The summed E-state index contributed by atoms with van der Waals surface area (Å²) in [6.45, 7) is 0. The van der Waals surface area contributed by atoms with Gasteiger partial charge in [-0.25, -0.2) is 5.43 Å². The van der Waals surface area contributed by atoms with Crippen LogP contribution in [-0.4, -0.2) is 43.6 Å². The molecule has 28 heavy (non-hydrogen) atoms.